The first-order valence-corrected chi connectivity index (χ1v) is 8.90. The van der Waals surface area contributed by atoms with Crippen LogP contribution < -0.4 is 4.90 Å². The van der Waals surface area contributed by atoms with Crippen molar-refractivity contribution in [3.05, 3.63) is 58.7 Å². The molecule has 7 heteroatoms. The topological polar surface area (TPSA) is 36.4 Å². The fourth-order valence-corrected chi connectivity index (χ4v) is 4.44. The van der Waals surface area contributed by atoms with Crippen LogP contribution in [0.15, 0.2) is 36.5 Å². The van der Waals surface area contributed by atoms with Crippen molar-refractivity contribution in [2.45, 2.75) is 13.0 Å². The summed E-state index contributed by atoms with van der Waals surface area (Å²) < 4.78 is 28.0. The van der Waals surface area contributed by atoms with E-state index in [4.69, 9.17) is 11.6 Å². The predicted octanol–water partition coefficient (Wildman–Crippen LogP) is 3.67. The van der Waals surface area contributed by atoms with E-state index in [2.05, 4.69) is 4.98 Å². The Hall–Kier alpha value is -2.21. The van der Waals surface area contributed by atoms with Crippen LogP contribution in [0.25, 0.3) is 0 Å². The molecule has 136 valence electrons. The Kier molecular flexibility index (Phi) is 4.31. The summed E-state index contributed by atoms with van der Waals surface area (Å²) in [5.41, 5.74) is 0.777. The number of amides is 1. The third-order valence-electron chi connectivity index (χ3n) is 5.35. The molecule has 0 N–H and O–H groups in total. The second kappa shape index (κ2) is 6.50. The zero-order valence-electron chi connectivity index (χ0n) is 14.2. The molecular weight excluding hydrogens is 360 g/mol. The van der Waals surface area contributed by atoms with E-state index in [0.717, 1.165) is 5.56 Å². The molecule has 1 amide bonds. The van der Waals surface area contributed by atoms with Crippen LogP contribution in [0.5, 0.6) is 0 Å². The Bertz CT molecular complexity index is 862. The summed E-state index contributed by atoms with van der Waals surface area (Å²) in [5, 5.41) is 0.256. The predicted molar refractivity (Wildman–Crippen MR) is 94.9 cm³/mol. The van der Waals surface area contributed by atoms with Gasteiger partial charge in [-0.05, 0) is 23.8 Å². The number of pyridine rings is 1. The van der Waals surface area contributed by atoms with Crippen LogP contribution in [0, 0.1) is 23.5 Å². The molecule has 0 saturated carbocycles. The number of halogens is 3. The molecule has 4 nitrogen and oxygen atoms in total. The lowest BCUT2D eigenvalue weighted by Gasteiger charge is -2.29. The molecule has 2 aliphatic rings. The molecular formula is C19H18ClF2N3O. The summed E-state index contributed by atoms with van der Waals surface area (Å²) in [6.45, 7) is 3.27. The Labute approximate surface area is 155 Å². The fourth-order valence-electron chi connectivity index (χ4n) is 4.30. The van der Waals surface area contributed by atoms with Gasteiger partial charge in [0.15, 0.2) is 11.6 Å². The van der Waals surface area contributed by atoms with Gasteiger partial charge in [0.25, 0.3) is 0 Å². The van der Waals surface area contributed by atoms with Gasteiger partial charge in [0, 0.05) is 44.6 Å². The van der Waals surface area contributed by atoms with Crippen molar-refractivity contribution >= 4 is 23.3 Å². The largest absolute Gasteiger partial charge is 0.353 e. The second-order valence-corrected chi connectivity index (χ2v) is 7.40. The molecule has 0 bridgehead atoms. The van der Waals surface area contributed by atoms with Crippen molar-refractivity contribution in [2.24, 2.45) is 11.8 Å². The minimum absolute atomic E-state index is 0.0315. The van der Waals surface area contributed by atoms with Gasteiger partial charge in [0.2, 0.25) is 5.91 Å². The SMILES string of the molecule is CC(=O)N1C[C@H]2CN(c3ncc(Cl)cc3F)C[C@H]2[C@@H]1c1cccc(F)c1. The normalized spacial score (nSPS) is 24.8. The van der Waals surface area contributed by atoms with E-state index in [0.29, 0.717) is 19.6 Å². The van der Waals surface area contributed by atoms with Crippen molar-refractivity contribution in [1.82, 2.24) is 9.88 Å². The summed E-state index contributed by atoms with van der Waals surface area (Å²) in [5.74, 6) is -0.258. The Balaban J connectivity index is 1.65. The number of anilines is 1. The van der Waals surface area contributed by atoms with Crippen LogP contribution in [-0.2, 0) is 4.79 Å². The molecule has 0 spiro atoms. The first-order valence-electron chi connectivity index (χ1n) is 8.52. The van der Waals surface area contributed by atoms with E-state index in [1.807, 2.05) is 11.0 Å². The van der Waals surface area contributed by atoms with Crippen LogP contribution in [0.4, 0.5) is 14.6 Å². The monoisotopic (exact) mass is 377 g/mol. The second-order valence-electron chi connectivity index (χ2n) is 6.96. The summed E-state index contributed by atoms with van der Waals surface area (Å²) in [6.07, 6.45) is 1.43. The first kappa shape index (κ1) is 17.2. The zero-order chi connectivity index (χ0) is 18.4. The highest BCUT2D eigenvalue weighted by atomic mass is 35.5. The molecule has 1 aromatic heterocycles. The lowest BCUT2D eigenvalue weighted by Crippen LogP contribution is -2.34. The summed E-state index contributed by atoms with van der Waals surface area (Å²) in [7, 11) is 0. The molecule has 2 fully saturated rings. The van der Waals surface area contributed by atoms with Crippen LogP contribution in [0.1, 0.15) is 18.5 Å². The maximum atomic E-state index is 14.3. The Morgan fingerprint density at radius 1 is 1.23 bits per heavy atom. The lowest BCUT2D eigenvalue weighted by molar-refractivity contribution is -0.130. The molecule has 1 aromatic carbocycles. The summed E-state index contributed by atoms with van der Waals surface area (Å²) >= 11 is 5.79. The molecule has 2 saturated heterocycles. The minimum Gasteiger partial charge on any atom is -0.353 e. The van der Waals surface area contributed by atoms with Crippen LogP contribution >= 0.6 is 11.6 Å². The van der Waals surface area contributed by atoms with E-state index >= 15 is 0 Å². The number of likely N-dealkylation sites (tertiary alicyclic amines) is 1. The maximum Gasteiger partial charge on any atom is 0.219 e. The van der Waals surface area contributed by atoms with Gasteiger partial charge in [0.1, 0.15) is 5.82 Å². The molecule has 4 rings (SSSR count). The standard InChI is InChI=1S/C19H18ClF2N3O/c1-11(26)25-9-13-8-24(19-17(22)6-14(20)7-23-19)10-16(13)18(25)12-3-2-4-15(21)5-12/h2-7,13,16,18H,8-10H2,1H3/t13-,16-,18+/m1/s1. The third kappa shape index (κ3) is 2.92. The van der Waals surface area contributed by atoms with E-state index < -0.39 is 5.82 Å². The van der Waals surface area contributed by atoms with E-state index in [1.165, 1.54) is 31.3 Å². The number of carbonyl (C=O) groups is 1. The van der Waals surface area contributed by atoms with Crippen molar-refractivity contribution in [3.8, 4) is 0 Å². The Morgan fingerprint density at radius 2 is 2.04 bits per heavy atom. The van der Waals surface area contributed by atoms with E-state index in [-0.39, 0.29) is 40.4 Å². The van der Waals surface area contributed by atoms with E-state index in [1.54, 1.807) is 11.0 Å². The lowest BCUT2D eigenvalue weighted by atomic mass is 9.89. The number of carbonyl (C=O) groups excluding carboxylic acids is 1. The number of hydrogen-bond donors (Lipinski definition) is 0. The summed E-state index contributed by atoms with van der Waals surface area (Å²) in [6, 6.07) is 7.41. The zero-order valence-corrected chi connectivity index (χ0v) is 15.0. The molecule has 3 atom stereocenters. The quantitative estimate of drug-likeness (QED) is 0.801. The number of nitrogens with zero attached hydrogens (tertiary/aromatic N) is 3. The van der Waals surface area contributed by atoms with Crippen molar-refractivity contribution in [2.75, 3.05) is 24.5 Å². The van der Waals surface area contributed by atoms with Gasteiger partial charge in [-0.25, -0.2) is 13.8 Å². The first-order chi connectivity index (χ1) is 12.4. The molecule has 0 unspecified atom stereocenters. The smallest absolute Gasteiger partial charge is 0.219 e. The third-order valence-corrected chi connectivity index (χ3v) is 5.55. The fraction of sp³-hybridized carbons (Fsp3) is 0.368. The Morgan fingerprint density at radius 3 is 2.73 bits per heavy atom. The van der Waals surface area contributed by atoms with Crippen molar-refractivity contribution < 1.29 is 13.6 Å². The number of aromatic nitrogens is 1. The van der Waals surface area contributed by atoms with Crippen molar-refractivity contribution in [3.63, 3.8) is 0 Å². The van der Waals surface area contributed by atoms with Crippen LogP contribution in [-0.4, -0.2) is 35.4 Å². The highest BCUT2D eigenvalue weighted by molar-refractivity contribution is 6.30. The van der Waals surface area contributed by atoms with Gasteiger partial charge >= 0.3 is 0 Å². The minimum atomic E-state index is -0.455. The maximum absolute atomic E-state index is 14.3. The van der Waals surface area contributed by atoms with Gasteiger partial charge in [-0.15, -0.1) is 0 Å². The van der Waals surface area contributed by atoms with Gasteiger partial charge < -0.3 is 9.80 Å². The average molecular weight is 378 g/mol. The number of benzene rings is 1. The van der Waals surface area contributed by atoms with Crippen LogP contribution in [0.2, 0.25) is 5.02 Å². The van der Waals surface area contributed by atoms with Gasteiger partial charge in [-0.3, -0.25) is 4.79 Å². The molecule has 3 heterocycles. The highest BCUT2D eigenvalue weighted by Gasteiger charge is 2.49. The molecule has 2 aromatic rings. The summed E-state index contributed by atoms with van der Waals surface area (Å²) in [4.78, 5) is 19.9. The van der Waals surface area contributed by atoms with Gasteiger partial charge in [0.05, 0.1) is 11.1 Å². The molecule has 2 aliphatic heterocycles. The van der Waals surface area contributed by atoms with Crippen LogP contribution in [0.3, 0.4) is 0 Å². The number of fused-ring (bicyclic) bond motifs is 1. The van der Waals surface area contributed by atoms with E-state index in [9.17, 15) is 13.6 Å². The van der Waals surface area contributed by atoms with Crippen molar-refractivity contribution in [1.29, 1.82) is 0 Å². The molecule has 26 heavy (non-hydrogen) atoms. The number of hydrogen-bond acceptors (Lipinski definition) is 3. The van der Waals surface area contributed by atoms with Gasteiger partial charge in [-0.1, -0.05) is 23.7 Å². The molecule has 0 aliphatic carbocycles. The molecule has 0 radical (unpaired) electrons. The van der Waals surface area contributed by atoms with Gasteiger partial charge in [-0.2, -0.15) is 0 Å². The number of rotatable bonds is 2. The average Bonchev–Trinajstić information content (AvgIpc) is 3.12. The highest BCUT2D eigenvalue weighted by Crippen LogP contribution is 2.46.